The van der Waals surface area contributed by atoms with E-state index in [-0.39, 0.29) is 12.3 Å². The molecule has 156 valence electrons. The molecule has 0 aliphatic carbocycles. The number of anilines is 1. The number of carboxylic acids is 1. The maximum atomic E-state index is 12.1. The number of amides is 1. The van der Waals surface area contributed by atoms with Gasteiger partial charge in [-0.25, -0.2) is 4.68 Å². The molecule has 2 aromatic heterocycles. The van der Waals surface area contributed by atoms with Crippen molar-refractivity contribution in [1.82, 2.24) is 15.0 Å². The number of carboxylic acid groups (broad SMARTS) is 1. The van der Waals surface area contributed by atoms with Gasteiger partial charge < -0.3 is 16.2 Å². The molecule has 1 unspecified atom stereocenters. The van der Waals surface area contributed by atoms with Crippen LogP contribution in [-0.4, -0.2) is 38.0 Å². The van der Waals surface area contributed by atoms with Crippen molar-refractivity contribution in [2.75, 3.05) is 5.32 Å². The Labute approximate surface area is 182 Å². The van der Waals surface area contributed by atoms with Crippen LogP contribution < -0.4 is 11.1 Å². The number of carbonyl (C=O) groups is 2. The van der Waals surface area contributed by atoms with Gasteiger partial charge in [0, 0.05) is 11.3 Å². The topological polar surface area (TPSA) is 123 Å². The minimum atomic E-state index is -1.03. The summed E-state index contributed by atoms with van der Waals surface area (Å²) in [6.07, 6.45) is 2.06. The molecule has 8 nitrogen and oxygen atoms in total. The van der Waals surface area contributed by atoms with Crippen LogP contribution in [-0.2, 0) is 11.2 Å². The molecule has 0 spiro atoms. The van der Waals surface area contributed by atoms with Gasteiger partial charge in [-0.3, -0.25) is 9.59 Å². The quantitative estimate of drug-likeness (QED) is 0.411. The Morgan fingerprint density at radius 3 is 2.48 bits per heavy atom. The maximum absolute atomic E-state index is 12.1. The van der Waals surface area contributed by atoms with Crippen LogP contribution in [0, 0.1) is 0 Å². The standard InChI is InChI=1S/C22H19N5O3S/c23-18(22(29)30)12-14-3-9-17(10-4-14)27-13-19(25-26-27)15-5-7-16(8-6-15)24-21(28)20-2-1-11-31-20/h1-11,13,18H,12,23H2,(H,24,28)(H,29,30). The molecule has 0 saturated carbocycles. The Bertz CT molecular complexity index is 1180. The first-order valence-electron chi connectivity index (χ1n) is 9.45. The van der Waals surface area contributed by atoms with Gasteiger partial charge in [0.25, 0.3) is 5.91 Å². The highest BCUT2D eigenvalue weighted by Gasteiger charge is 2.12. The zero-order chi connectivity index (χ0) is 21.8. The molecule has 0 aliphatic rings. The zero-order valence-corrected chi connectivity index (χ0v) is 17.1. The SMILES string of the molecule is NC(Cc1ccc(-n2cc(-c3ccc(NC(=O)c4cccs4)cc3)nn2)cc1)C(=O)O. The fraction of sp³-hybridized carbons (Fsp3) is 0.0909. The summed E-state index contributed by atoms with van der Waals surface area (Å²) in [5.74, 6) is -1.16. The lowest BCUT2D eigenvalue weighted by atomic mass is 10.1. The molecule has 2 heterocycles. The maximum Gasteiger partial charge on any atom is 0.320 e. The molecule has 4 rings (SSSR count). The van der Waals surface area contributed by atoms with Gasteiger partial charge in [0.15, 0.2) is 0 Å². The molecule has 0 fully saturated rings. The number of carbonyl (C=O) groups excluding carboxylic acids is 1. The number of nitrogens with one attached hydrogen (secondary N) is 1. The second-order valence-electron chi connectivity index (χ2n) is 6.87. The highest BCUT2D eigenvalue weighted by Crippen LogP contribution is 2.21. The summed E-state index contributed by atoms with van der Waals surface area (Å²) in [5, 5.41) is 22.0. The van der Waals surface area contributed by atoms with Crippen LogP contribution in [0.3, 0.4) is 0 Å². The summed E-state index contributed by atoms with van der Waals surface area (Å²) in [5.41, 5.74) is 9.46. The van der Waals surface area contributed by atoms with Crippen molar-refractivity contribution in [3.63, 3.8) is 0 Å². The molecule has 2 aromatic carbocycles. The number of nitrogens with zero attached hydrogens (tertiary/aromatic N) is 3. The van der Waals surface area contributed by atoms with Crippen molar-refractivity contribution >= 4 is 28.9 Å². The van der Waals surface area contributed by atoms with Gasteiger partial charge in [0.05, 0.1) is 16.8 Å². The van der Waals surface area contributed by atoms with Crippen molar-refractivity contribution in [2.45, 2.75) is 12.5 Å². The molecular weight excluding hydrogens is 414 g/mol. The van der Waals surface area contributed by atoms with Crippen LogP contribution in [0.1, 0.15) is 15.2 Å². The summed E-state index contributed by atoms with van der Waals surface area (Å²) in [7, 11) is 0. The van der Waals surface area contributed by atoms with E-state index in [9.17, 15) is 9.59 Å². The van der Waals surface area contributed by atoms with Crippen molar-refractivity contribution in [3.05, 3.63) is 82.7 Å². The number of hydrogen-bond donors (Lipinski definition) is 3. The highest BCUT2D eigenvalue weighted by atomic mass is 32.1. The van der Waals surface area contributed by atoms with Gasteiger partial charge in [-0.05, 0) is 47.7 Å². The minimum Gasteiger partial charge on any atom is -0.480 e. The van der Waals surface area contributed by atoms with E-state index >= 15 is 0 Å². The van der Waals surface area contributed by atoms with Gasteiger partial charge >= 0.3 is 5.97 Å². The Kier molecular flexibility index (Phi) is 5.87. The Morgan fingerprint density at radius 1 is 1.10 bits per heavy atom. The van der Waals surface area contributed by atoms with Crippen molar-refractivity contribution in [3.8, 4) is 16.9 Å². The first-order chi connectivity index (χ1) is 15.0. The number of hydrogen-bond acceptors (Lipinski definition) is 6. The second kappa shape index (κ2) is 8.90. The van der Waals surface area contributed by atoms with Crippen LogP contribution in [0.25, 0.3) is 16.9 Å². The first kappa shape index (κ1) is 20.5. The summed E-state index contributed by atoms with van der Waals surface area (Å²) in [6, 6.07) is 17.4. The van der Waals surface area contributed by atoms with E-state index in [0.29, 0.717) is 16.3 Å². The average Bonchev–Trinajstić information content (AvgIpc) is 3.47. The molecule has 4 aromatic rings. The largest absolute Gasteiger partial charge is 0.480 e. The normalized spacial score (nSPS) is 11.8. The molecule has 0 aliphatic heterocycles. The van der Waals surface area contributed by atoms with Gasteiger partial charge in [0.2, 0.25) is 0 Å². The van der Waals surface area contributed by atoms with Crippen molar-refractivity contribution in [2.24, 2.45) is 5.73 Å². The molecule has 1 amide bonds. The van der Waals surface area contributed by atoms with Crippen LogP contribution in [0.15, 0.2) is 72.2 Å². The number of benzene rings is 2. The molecule has 31 heavy (non-hydrogen) atoms. The fourth-order valence-electron chi connectivity index (χ4n) is 2.97. The van der Waals surface area contributed by atoms with Crippen LogP contribution in [0.5, 0.6) is 0 Å². The monoisotopic (exact) mass is 433 g/mol. The predicted molar refractivity (Wildman–Crippen MR) is 118 cm³/mol. The number of aliphatic carboxylic acids is 1. The third-order valence-electron chi connectivity index (χ3n) is 4.65. The number of rotatable bonds is 7. The summed E-state index contributed by atoms with van der Waals surface area (Å²) in [6.45, 7) is 0. The third kappa shape index (κ3) is 4.85. The first-order valence-corrected chi connectivity index (χ1v) is 10.3. The van der Waals surface area contributed by atoms with Crippen molar-refractivity contribution in [1.29, 1.82) is 0 Å². The Balaban J connectivity index is 1.43. The smallest absolute Gasteiger partial charge is 0.320 e. The lowest BCUT2D eigenvalue weighted by Gasteiger charge is -2.07. The lowest BCUT2D eigenvalue weighted by molar-refractivity contribution is -0.138. The van der Waals surface area contributed by atoms with Crippen LogP contribution in [0.2, 0.25) is 0 Å². The molecular formula is C22H19N5O3S. The van der Waals surface area contributed by atoms with Crippen LogP contribution in [0.4, 0.5) is 5.69 Å². The van der Waals surface area contributed by atoms with Gasteiger partial charge in [0.1, 0.15) is 11.7 Å². The van der Waals surface area contributed by atoms with E-state index in [0.717, 1.165) is 16.8 Å². The second-order valence-corrected chi connectivity index (χ2v) is 7.82. The Hall–Kier alpha value is -3.82. The van der Waals surface area contributed by atoms with E-state index in [4.69, 9.17) is 10.8 Å². The van der Waals surface area contributed by atoms with E-state index in [1.807, 2.05) is 60.0 Å². The summed E-state index contributed by atoms with van der Waals surface area (Å²) < 4.78 is 1.64. The number of nitrogens with two attached hydrogens (primary N) is 1. The van der Waals surface area contributed by atoms with Crippen LogP contribution >= 0.6 is 11.3 Å². The Morgan fingerprint density at radius 2 is 1.84 bits per heavy atom. The number of thiophene rings is 1. The summed E-state index contributed by atoms with van der Waals surface area (Å²) >= 11 is 1.39. The predicted octanol–water partition coefficient (Wildman–Crippen LogP) is 3.20. The van der Waals surface area contributed by atoms with Crippen molar-refractivity contribution < 1.29 is 14.7 Å². The molecule has 0 bridgehead atoms. The third-order valence-corrected chi connectivity index (χ3v) is 5.52. The van der Waals surface area contributed by atoms with E-state index in [2.05, 4.69) is 15.6 Å². The molecule has 0 saturated heterocycles. The minimum absolute atomic E-state index is 0.138. The lowest BCUT2D eigenvalue weighted by Crippen LogP contribution is -2.32. The molecule has 0 radical (unpaired) electrons. The van der Waals surface area contributed by atoms with E-state index in [1.54, 1.807) is 16.9 Å². The molecule has 4 N–H and O–H groups in total. The van der Waals surface area contributed by atoms with E-state index in [1.165, 1.54) is 11.3 Å². The zero-order valence-electron chi connectivity index (χ0n) is 16.3. The van der Waals surface area contributed by atoms with E-state index < -0.39 is 12.0 Å². The number of aromatic nitrogens is 3. The highest BCUT2D eigenvalue weighted by molar-refractivity contribution is 7.12. The fourth-order valence-corrected chi connectivity index (χ4v) is 3.59. The van der Waals surface area contributed by atoms with Gasteiger partial charge in [-0.2, -0.15) is 0 Å². The molecule has 9 heteroatoms. The average molecular weight is 433 g/mol. The van der Waals surface area contributed by atoms with Gasteiger partial charge in [-0.1, -0.05) is 35.5 Å². The van der Waals surface area contributed by atoms with Gasteiger partial charge in [-0.15, -0.1) is 16.4 Å². The summed E-state index contributed by atoms with van der Waals surface area (Å²) in [4.78, 5) is 23.7. The molecule has 1 atom stereocenters.